The lowest BCUT2D eigenvalue weighted by Gasteiger charge is -1.79. The van der Waals surface area contributed by atoms with Gasteiger partial charge in [-0.2, -0.15) is 0 Å². The molecule has 1 radical (unpaired) electrons. The van der Waals surface area contributed by atoms with Crippen LogP contribution >= 0.6 is 11.6 Å². The van der Waals surface area contributed by atoms with Gasteiger partial charge in [0.2, 0.25) is 0 Å². The van der Waals surface area contributed by atoms with Crippen molar-refractivity contribution in [3.63, 3.8) is 0 Å². The molecule has 0 saturated carbocycles. The predicted molar refractivity (Wildman–Crippen MR) is 24.2 cm³/mol. The molecular weight excluding hydrogens is 83.5 g/mol. The molecule has 0 aliphatic heterocycles. The Bertz CT molecular complexity index is 30.6. The lowest BCUT2D eigenvalue weighted by molar-refractivity contribution is 1.20. The van der Waals surface area contributed by atoms with E-state index in [-0.39, 0.29) is 5.38 Å². The molecule has 0 fully saturated rings. The zero-order valence-electron chi connectivity index (χ0n) is 3.16. The smallest absolute Gasteiger partial charge is 0.0554 e. The lowest BCUT2D eigenvalue weighted by Crippen LogP contribution is -1.77. The molecule has 0 aromatic carbocycles. The Morgan fingerprint density at radius 1 is 2.00 bits per heavy atom. The van der Waals surface area contributed by atoms with Gasteiger partial charge in [0.05, 0.1) is 5.38 Å². The average molecular weight is 89.5 g/mol. The fraction of sp³-hybridized carbons (Fsp3) is 0.500. The van der Waals surface area contributed by atoms with Gasteiger partial charge in [-0.05, 0) is 13.0 Å². The van der Waals surface area contributed by atoms with Crippen molar-refractivity contribution >= 4 is 11.6 Å². The van der Waals surface area contributed by atoms with Crippen molar-refractivity contribution in [2.24, 2.45) is 0 Å². The molecule has 0 saturated heterocycles. The maximum Gasteiger partial charge on any atom is 0.0554 e. The third-order valence-corrected chi connectivity index (χ3v) is 0.436. The maximum atomic E-state index is 5.29. The summed E-state index contributed by atoms with van der Waals surface area (Å²) in [4.78, 5) is 0. The standard InChI is InChI=1S/C4H6Cl/c1-3-4(2)5/h4H,1H2,2H3. The van der Waals surface area contributed by atoms with Crippen molar-refractivity contribution in [2.45, 2.75) is 12.3 Å². The molecule has 0 aliphatic carbocycles. The Morgan fingerprint density at radius 2 is 2.20 bits per heavy atom. The van der Waals surface area contributed by atoms with Gasteiger partial charge in [0, 0.05) is 0 Å². The minimum Gasteiger partial charge on any atom is -0.118 e. The van der Waals surface area contributed by atoms with Crippen LogP contribution in [0.3, 0.4) is 0 Å². The molecule has 0 N–H and O–H groups in total. The van der Waals surface area contributed by atoms with Crippen LogP contribution in [0.1, 0.15) is 6.92 Å². The van der Waals surface area contributed by atoms with E-state index >= 15 is 0 Å². The van der Waals surface area contributed by atoms with E-state index in [0.717, 1.165) is 0 Å². The van der Waals surface area contributed by atoms with Crippen molar-refractivity contribution < 1.29 is 0 Å². The number of hydrogen-bond donors (Lipinski definition) is 0. The van der Waals surface area contributed by atoms with Crippen molar-refractivity contribution in [2.75, 3.05) is 0 Å². The summed E-state index contributed by atoms with van der Waals surface area (Å²) in [5.41, 5.74) is 0. The van der Waals surface area contributed by atoms with E-state index in [9.17, 15) is 0 Å². The van der Waals surface area contributed by atoms with E-state index in [0.29, 0.717) is 0 Å². The van der Waals surface area contributed by atoms with Crippen LogP contribution in [0, 0.1) is 6.08 Å². The topological polar surface area (TPSA) is 0 Å². The second kappa shape index (κ2) is 2.28. The number of rotatable bonds is 1. The van der Waals surface area contributed by atoms with E-state index < -0.39 is 0 Å². The quantitative estimate of drug-likeness (QED) is 0.428. The Kier molecular flexibility index (Phi) is 2.29. The molecule has 0 aromatic heterocycles. The minimum absolute atomic E-state index is 0.00463. The highest BCUT2D eigenvalue weighted by atomic mass is 35.5. The maximum absolute atomic E-state index is 5.29. The highest BCUT2D eigenvalue weighted by Crippen LogP contribution is 1.88. The van der Waals surface area contributed by atoms with Gasteiger partial charge >= 0.3 is 0 Å². The van der Waals surface area contributed by atoms with Gasteiger partial charge in [-0.15, -0.1) is 11.6 Å². The van der Waals surface area contributed by atoms with Gasteiger partial charge in [-0.25, -0.2) is 0 Å². The van der Waals surface area contributed by atoms with Crippen LogP contribution in [-0.2, 0) is 0 Å². The number of alkyl halides is 1. The monoisotopic (exact) mass is 89.0 g/mol. The summed E-state index contributed by atoms with van der Waals surface area (Å²) in [5, 5.41) is -0.00463. The second-order valence-electron chi connectivity index (χ2n) is 0.820. The van der Waals surface area contributed by atoms with Crippen LogP contribution in [0.5, 0.6) is 0 Å². The molecule has 0 nitrogen and oxygen atoms in total. The van der Waals surface area contributed by atoms with Gasteiger partial charge in [0.1, 0.15) is 0 Å². The largest absolute Gasteiger partial charge is 0.118 e. The lowest BCUT2D eigenvalue weighted by atomic mass is 10.5. The fourth-order valence-corrected chi connectivity index (χ4v) is 0. The van der Waals surface area contributed by atoms with Gasteiger partial charge in [-0.3, -0.25) is 0 Å². The van der Waals surface area contributed by atoms with Gasteiger partial charge in [-0.1, -0.05) is 6.58 Å². The average Bonchev–Trinajstić information content (AvgIpc) is 1.38. The van der Waals surface area contributed by atoms with Crippen molar-refractivity contribution in [1.29, 1.82) is 0 Å². The van der Waals surface area contributed by atoms with Crippen molar-refractivity contribution in [1.82, 2.24) is 0 Å². The summed E-state index contributed by atoms with van der Waals surface area (Å²) in [5.74, 6) is 0. The van der Waals surface area contributed by atoms with Crippen LogP contribution in [0.15, 0.2) is 6.58 Å². The molecule has 0 heterocycles. The highest BCUT2D eigenvalue weighted by molar-refractivity contribution is 6.21. The highest BCUT2D eigenvalue weighted by Gasteiger charge is 1.78. The zero-order valence-corrected chi connectivity index (χ0v) is 3.92. The first kappa shape index (κ1) is 5.03. The fourth-order valence-electron chi connectivity index (χ4n) is 0. The molecular formula is C4H6Cl. The van der Waals surface area contributed by atoms with Crippen LogP contribution in [0.4, 0.5) is 0 Å². The first-order valence-corrected chi connectivity index (χ1v) is 1.87. The molecule has 1 atom stereocenters. The van der Waals surface area contributed by atoms with E-state index in [1.54, 1.807) is 0 Å². The summed E-state index contributed by atoms with van der Waals surface area (Å²) in [7, 11) is 0. The van der Waals surface area contributed by atoms with E-state index in [2.05, 4.69) is 12.7 Å². The first-order chi connectivity index (χ1) is 2.27. The Morgan fingerprint density at radius 3 is 2.20 bits per heavy atom. The summed E-state index contributed by atoms with van der Waals surface area (Å²) in [6.07, 6.45) is 2.54. The third kappa shape index (κ3) is 4.03. The molecule has 0 bridgehead atoms. The van der Waals surface area contributed by atoms with Crippen LogP contribution in [0.25, 0.3) is 0 Å². The zero-order chi connectivity index (χ0) is 4.28. The molecule has 0 rings (SSSR count). The summed E-state index contributed by atoms with van der Waals surface area (Å²) < 4.78 is 0. The molecule has 1 heteroatoms. The SMILES string of the molecule is C=[C]C(C)Cl. The number of hydrogen-bond acceptors (Lipinski definition) is 0. The molecule has 0 amide bonds. The van der Waals surface area contributed by atoms with E-state index in [1.807, 2.05) is 6.92 Å². The number of allylic oxidation sites excluding steroid dienone is 1. The molecule has 0 spiro atoms. The van der Waals surface area contributed by atoms with Crippen molar-refractivity contribution in [3.8, 4) is 0 Å². The van der Waals surface area contributed by atoms with Crippen LogP contribution in [-0.4, -0.2) is 5.38 Å². The molecule has 1 unspecified atom stereocenters. The van der Waals surface area contributed by atoms with Gasteiger partial charge in [0.15, 0.2) is 0 Å². The van der Waals surface area contributed by atoms with E-state index in [4.69, 9.17) is 11.6 Å². The van der Waals surface area contributed by atoms with Crippen LogP contribution < -0.4 is 0 Å². The molecule has 0 aliphatic rings. The summed E-state index contributed by atoms with van der Waals surface area (Å²) in [6, 6.07) is 0. The normalized spacial score (nSPS) is 14.0. The van der Waals surface area contributed by atoms with E-state index in [1.165, 1.54) is 0 Å². The molecule has 5 heavy (non-hydrogen) atoms. The molecule has 0 aromatic rings. The van der Waals surface area contributed by atoms with Crippen molar-refractivity contribution in [3.05, 3.63) is 12.7 Å². The molecule has 29 valence electrons. The first-order valence-electron chi connectivity index (χ1n) is 1.44. The third-order valence-electron chi connectivity index (χ3n) is 0.281. The summed E-state index contributed by atoms with van der Waals surface area (Å²) >= 11 is 5.29. The van der Waals surface area contributed by atoms with Crippen LogP contribution in [0.2, 0.25) is 0 Å². The second-order valence-corrected chi connectivity index (χ2v) is 1.47. The Labute approximate surface area is 37.4 Å². The number of halogens is 1. The predicted octanol–water partition coefficient (Wildman–Crippen LogP) is 1.60. The Hall–Kier alpha value is 0.0300. The van der Waals surface area contributed by atoms with Gasteiger partial charge in [0.25, 0.3) is 0 Å². The summed E-state index contributed by atoms with van der Waals surface area (Å²) in [6.45, 7) is 5.12. The Balaban J connectivity index is 2.83. The van der Waals surface area contributed by atoms with Gasteiger partial charge < -0.3 is 0 Å². The minimum atomic E-state index is -0.00463.